The summed E-state index contributed by atoms with van der Waals surface area (Å²) in [6, 6.07) is 28.6. The molecule has 4 rings (SSSR count). The minimum atomic E-state index is 0.0157. The standard InChI is InChI=1S/C25H24N2O/c1-19-18-23(26-21-12-6-3-7-13-21)22-14-8-9-15-24(22)27(19)25(28)17-16-20-10-4-2-5-11-20/h2-17,19,23,26H,18H2,1H3/t19-,23-/m0/s1. The molecule has 0 saturated carbocycles. The van der Waals surface area contributed by atoms with Gasteiger partial charge in [-0.15, -0.1) is 0 Å². The summed E-state index contributed by atoms with van der Waals surface area (Å²) in [6.45, 7) is 2.11. The summed E-state index contributed by atoms with van der Waals surface area (Å²) in [4.78, 5) is 14.9. The van der Waals surface area contributed by atoms with Gasteiger partial charge < -0.3 is 10.2 Å². The van der Waals surface area contributed by atoms with E-state index >= 15 is 0 Å². The molecule has 3 aromatic rings. The van der Waals surface area contributed by atoms with E-state index in [0.717, 1.165) is 28.9 Å². The van der Waals surface area contributed by atoms with Crippen molar-refractivity contribution in [3.8, 4) is 0 Å². The molecule has 1 amide bonds. The van der Waals surface area contributed by atoms with Crippen molar-refractivity contribution in [3.05, 3.63) is 102 Å². The number of anilines is 2. The van der Waals surface area contributed by atoms with Crippen molar-refractivity contribution in [2.75, 3.05) is 10.2 Å². The predicted molar refractivity (Wildman–Crippen MR) is 116 cm³/mol. The highest BCUT2D eigenvalue weighted by molar-refractivity contribution is 6.05. The summed E-state index contributed by atoms with van der Waals surface area (Å²) in [7, 11) is 0. The second-order valence-corrected chi connectivity index (χ2v) is 7.16. The van der Waals surface area contributed by atoms with Crippen molar-refractivity contribution in [2.24, 2.45) is 0 Å². The third kappa shape index (κ3) is 3.84. The number of nitrogens with zero attached hydrogens (tertiary/aromatic N) is 1. The maximum absolute atomic E-state index is 13.0. The van der Waals surface area contributed by atoms with E-state index in [9.17, 15) is 4.79 Å². The highest BCUT2D eigenvalue weighted by Crippen LogP contribution is 2.39. The zero-order chi connectivity index (χ0) is 19.3. The van der Waals surface area contributed by atoms with E-state index in [1.54, 1.807) is 6.08 Å². The first-order valence-corrected chi connectivity index (χ1v) is 9.69. The van der Waals surface area contributed by atoms with Crippen LogP contribution in [-0.2, 0) is 4.79 Å². The molecule has 3 heteroatoms. The largest absolute Gasteiger partial charge is 0.378 e. The minimum Gasteiger partial charge on any atom is -0.378 e. The maximum atomic E-state index is 13.0. The van der Waals surface area contributed by atoms with Crippen LogP contribution in [0.5, 0.6) is 0 Å². The van der Waals surface area contributed by atoms with Crippen LogP contribution in [0.4, 0.5) is 11.4 Å². The highest BCUT2D eigenvalue weighted by atomic mass is 16.2. The molecule has 0 fully saturated rings. The number of carbonyl (C=O) groups is 1. The smallest absolute Gasteiger partial charge is 0.251 e. The van der Waals surface area contributed by atoms with Crippen molar-refractivity contribution < 1.29 is 4.79 Å². The Morgan fingerprint density at radius 1 is 0.929 bits per heavy atom. The summed E-state index contributed by atoms with van der Waals surface area (Å²) >= 11 is 0. The van der Waals surface area contributed by atoms with Crippen LogP contribution in [-0.4, -0.2) is 11.9 Å². The molecule has 1 heterocycles. The number of carbonyl (C=O) groups excluding carboxylic acids is 1. The van der Waals surface area contributed by atoms with Gasteiger partial charge in [-0.05, 0) is 48.7 Å². The van der Waals surface area contributed by atoms with Gasteiger partial charge in [0.05, 0.1) is 6.04 Å². The molecule has 3 nitrogen and oxygen atoms in total. The monoisotopic (exact) mass is 368 g/mol. The van der Waals surface area contributed by atoms with E-state index in [0.29, 0.717) is 0 Å². The van der Waals surface area contributed by atoms with Crippen molar-refractivity contribution in [1.82, 2.24) is 0 Å². The average Bonchev–Trinajstić information content (AvgIpc) is 2.74. The van der Waals surface area contributed by atoms with E-state index in [4.69, 9.17) is 0 Å². The maximum Gasteiger partial charge on any atom is 0.251 e. The molecule has 0 radical (unpaired) electrons. The Bertz CT molecular complexity index is 966. The fraction of sp³-hybridized carbons (Fsp3) is 0.160. The lowest BCUT2D eigenvalue weighted by molar-refractivity contribution is -0.114. The Balaban J connectivity index is 1.61. The Hall–Kier alpha value is -3.33. The van der Waals surface area contributed by atoms with Crippen molar-refractivity contribution >= 4 is 23.4 Å². The number of amides is 1. The van der Waals surface area contributed by atoms with Crippen LogP contribution < -0.4 is 10.2 Å². The molecule has 1 aliphatic heterocycles. The SMILES string of the molecule is C[C@H]1C[C@H](Nc2ccccc2)c2ccccc2N1C(=O)C=Cc1ccccc1. The molecule has 1 N–H and O–H groups in total. The highest BCUT2D eigenvalue weighted by Gasteiger charge is 2.32. The van der Waals surface area contributed by atoms with Gasteiger partial charge in [0, 0.05) is 23.5 Å². The molecule has 2 atom stereocenters. The molecule has 0 spiro atoms. The van der Waals surface area contributed by atoms with Crippen molar-refractivity contribution in [2.45, 2.75) is 25.4 Å². The van der Waals surface area contributed by atoms with E-state index < -0.39 is 0 Å². The Morgan fingerprint density at radius 2 is 1.57 bits per heavy atom. The Kier molecular flexibility index (Phi) is 5.24. The van der Waals surface area contributed by atoms with Crippen LogP contribution in [0.2, 0.25) is 0 Å². The van der Waals surface area contributed by atoms with Crippen LogP contribution in [0, 0.1) is 0 Å². The molecule has 140 valence electrons. The number of benzene rings is 3. The predicted octanol–water partition coefficient (Wildman–Crippen LogP) is 5.68. The van der Waals surface area contributed by atoms with Gasteiger partial charge in [0.25, 0.3) is 5.91 Å². The summed E-state index contributed by atoms with van der Waals surface area (Å²) in [5.74, 6) is 0.0157. The number of rotatable bonds is 4. The summed E-state index contributed by atoms with van der Waals surface area (Å²) in [5, 5.41) is 3.63. The van der Waals surface area contributed by atoms with Gasteiger partial charge in [0.2, 0.25) is 0 Å². The van der Waals surface area contributed by atoms with E-state index in [1.165, 1.54) is 0 Å². The van der Waals surface area contributed by atoms with Gasteiger partial charge in [0.1, 0.15) is 0 Å². The molecule has 0 saturated heterocycles. The molecule has 0 bridgehead atoms. The van der Waals surface area contributed by atoms with Gasteiger partial charge >= 0.3 is 0 Å². The molecule has 1 aliphatic rings. The van der Waals surface area contributed by atoms with Gasteiger partial charge in [-0.3, -0.25) is 4.79 Å². The third-order valence-electron chi connectivity index (χ3n) is 5.16. The first kappa shape index (κ1) is 18.1. The lowest BCUT2D eigenvalue weighted by atomic mass is 9.91. The fourth-order valence-corrected chi connectivity index (χ4v) is 3.83. The minimum absolute atomic E-state index is 0.0157. The van der Waals surface area contributed by atoms with E-state index in [1.807, 2.05) is 77.7 Å². The Labute approximate surface area is 166 Å². The molecule has 0 aromatic heterocycles. The molecular weight excluding hydrogens is 344 g/mol. The van der Waals surface area contributed by atoms with Gasteiger partial charge in [-0.1, -0.05) is 66.7 Å². The summed E-state index contributed by atoms with van der Waals surface area (Å²) < 4.78 is 0. The second-order valence-electron chi connectivity index (χ2n) is 7.16. The van der Waals surface area contributed by atoms with Gasteiger partial charge in [0.15, 0.2) is 0 Å². The fourth-order valence-electron chi connectivity index (χ4n) is 3.83. The first-order chi connectivity index (χ1) is 13.7. The van der Waals surface area contributed by atoms with Gasteiger partial charge in [-0.25, -0.2) is 0 Å². The zero-order valence-electron chi connectivity index (χ0n) is 16.0. The molecular formula is C25H24N2O. The van der Waals surface area contributed by atoms with E-state index in [2.05, 4.69) is 30.4 Å². The van der Waals surface area contributed by atoms with Crippen molar-refractivity contribution in [3.63, 3.8) is 0 Å². The molecule has 0 unspecified atom stereocenters. The van der Waals surface area contributed by atoms with E-state index in [-0.39, 0.29) is 18.0 Å². The molecule has 0 aliphatic carbocycles. The quantitative estimate of drug-likeness (QED) is 0.601. The number of hydrogen-bond acceptors (Lipinski definition) is 2. The van der Waals surface area contributed by atoms with Crippen LogP contribution in [0.25, 0.3) is 6.08 Å². The second kappa shape index (κ2) is 8.13. The number of hydrogen-bond donors (Lipinski definition) is 1. The zero-order valence-corrected chi connectivity index (χ0v) is 16.0. The van der Waals surface area contributed by atoms with Gasteiger partial charge in [-0.2, -0.15) is 0 Å². The topological polar surface area (TPSA) is 32.3 Å². The lowest BCUT2D eigenvalue weighted by Crippen LogP contribution is -2.43. The normalized spacial score (nSPS) is 18.7. The number of nitrogens with one attached hydrogen (secondary N) is 1. The Morgan fingerprint density at radius 3 is 2.32 bits per heavy atom. The summed E-state index contributed by atoms with van der Waals surface area (Å²) in [5.41, 5.74) is 4.26. The van der Waals surface area contributed by atoms with Crippen LogP contribution in [0.3, 0.4) is 0 Å². The number of fused-ring (bicyclic) bond motifs is 1. The lowest BCUT2D eigenvalue weighted by Gasteiger charge is -2.39. The first-order valence-electron chi connectivity index (χ1n) is 9.69. The molecule has 28 heavy (non-hydrogen) atoms. The van der Waals surface area contributed by atoms with Crippen LogP contribution >= 0.6 is 0 Å². The third-order valence-corrected chi connectivity index (χ3v) is 5.16. The summed E-state index contributed by atoms with van der Waals surface area (Å²) in [6.07, 6.45) is 4.41. The molecule has 3 aromatic carbocycles. The number of para-hydroxylation sites is 2. The average molecular weight is 368 g/mol. The van der Waals surface area contributed by atoms with Crippen LogP contribution in [0.1, 0.15) is 30.5 Å². The van der Waals surface area contributed by atoms with Crippen LogP contribution in [0.15, 0.2) is 91.0 Å². The van der Waals surface area contributed by atoms with Crippen molar-refractivity contribution in [1.29, 1.82) is 0 Å².